The Morgan fingerprint density at radius 2 is 1.92 bits per heavy atom. The van der Waals surface area contributed by atoms with Crippen molar-refractivity contribution in [2.75, 3.05) is 7.05 Å². The molecule has 130 valence electrons. The molecule has 1 aliphatic carbocycles. The number of fused-ring (bicyclic) bond motifs is 3. The summed E-state index contributed by atoms with van der Waals surface area (Å²) in [6.07, 6.45) is 4.49. The monoisotopic (exact) mass is 353 g/mol. The highest BCUT2D eigenvalue weighted by Crippen LogP contribution is 2.28. The van der Waals surface area contributed by atoms with Crippen LogP contribution in [0.4, 0.5) is 0 Å². The molecule has 0 radical (unpaired) electrons. The zero-order valence-electron chi connectivity index (χ0n) is 14.8. The second-order valence-electron chi connectivity index (χ2n) is 7.04. The largest absolute Gasteiger partial charge is 0.296 e. The van der Waals surface area contributed by atoms with Crippen LogP contribution in [-0.4, -0.2) is 21.3 Å². The molecule has 25 heavy (non-hydrogen) atoms. The summed E-state index contributed by atoms with van der Waals surface area (Å²) in [5.74, 6) is 0. The fraction of sp³-hybridized carbons (Fsp3) is 0.400. The molecule has 4 nitrogen and oxygen atoms in total. The summed E-state index contributed by atoms with van der Waals surface area (Å²) in [6.45, 7) is 3.63. The summed E-state index contributed by atoms with van der Waals surface area (Å²) >= 11 is 1.69. The number of hydrogen-bond donors (Lipinski definition) is 0. The van der Waals surface area contributed by atoms with Crippen LogP contribution in [0.25, 0.3) is 4.96 Å². The lowest BCUT2D eigenvalue weighted by atomic mass is 10.0. The molecular formula is C20H23N3OS. The summed E-state index contributed by atoms with van der Waals surface area (Å²) in [5.41, 5.74) is 4.68. The van der Waals surface area contributed by atoms with E-state index in [2.05, 4.69) is 43.1 Å². The second-order valence-corrected chi connectivity index (χ2v) is 8.10. The maximum absolute atomic E-state index is 12.6. The van der Waals surface area contributed by atoms with E-state index in [9.17, 15) is 4.79 Å². The number of rotatable bonds is 4. The van der Waals surface area contributed by atoms with E-state index >= 15 is 0 Å². The van der Waals surface area contributed by atoms with Gasteiger partial charge in [0.05, 0.1) is 5.69 Å². The van der Waals surface area contributed by atoms with Crippen LogP contribution in [0.2, 0.25) is 0 Å². The van der Waals surface area contributed by atoms with E-state index in [1.165, 1.54) is 34.5 Å². The average Bonchev–Trinajstić information content (AvgIpc) is 2.95. The Labute approximate surface area is 151 Å². The Morgan fingerprint density at radius 3 is 2.72 bits per heavy atom. The zero-order valence-corrected chi connectivity index (χ0v) is 15.6. The van der Waals surface area contributed by atoms with Crippen LogP contribution in [-0.2, 0) is 25.9 Å². The number of benzene rings is 1. The normalized spacial score (nSPS) is 14.2. The van der Waals surface area contributed by atoms with E-state index in [4.69, 9.17) is 4.98 Å². The van der Waals surface area contributed by atoms with Gasteiger partial charge < -0.3 is 0 Å². The van der Waals surface area contributed by atoms with Gasteiger partial charge in [0.15, 0.2) is 4.96 Å². The van der Waals surface area contributed by atoms with Gasteiger partial charge in [0, 0.05) is 29.7 Å². The van der Waals surface area contributed by atoms with Crippen molar-refractivity contribution in [3.8, 4) is 0 Å². The highest BCUT2D eigenvalue weighted by atomic mass is 32.1. The smallest absolute Gasteiger partial charge is 0.259 e. The molecule has 0 aliphatic heterocycles. The lowest BCUT2D eigenvalue weighted by molar-refractivity contribution is 0.315. The highest BCUT2D eigenvalue weighted by Gasteiger charge is 2.18. The predicted octanol–water partition coefficient (Wildman–Crippen LogP) is 3.58. The van der Waals surface area contributed by atoms with Crippen LogP contribution in [0.3, 0.4) is 0 Å². The molecule has 0 N–H and O–H groups in total. The minimum absolute atomic E-state index is 0.0723. The van der Waals surface area contributed by atoms with E-state index < -0.39 is 0 Å². The number of aryl methyl sites for hydroxylation is 3. The van der Waals surface area contributed by atoms with Crippen molar-refractivity contribution in [3.63, 3.8) is 0 Å². The topological polar surface area (TPSA) is 37.6 Å². The molecule has 0 amide bonds. The van der Waals surface area contributed by atoms with Gasteiger partial charge in [-0.2, -0.15) is 0 Å². The molecule has 0 spiro atoms. The van der Waals surface area contributed by atoms with Crippen molar-refractivity contribution in [2.24, 2.45) is 0 Å². The Hall–Kier alpha value is -1.98. The van der Waals surface area contributed by atoms with Gasteiger partial charge in [-0.25, -0.2) is 4.98 Å². The predicted molar refractivity (Wildman–Crippen MR) is 102 cm³/mol. The number of hydrogen-bond acceptors (Lipinski definition) is 4. The molecule has 3 aromatic rings. The number of aromatic nitrogens is 2. The maximum Gasteiger partial charge on any atom is 0.259 e. The van der Waals surface area contributed by atoms with Gasteiger partial charge in [-0.15, -0.1) is 11.3 Å². The first-order valence-electron chi connectivity index (χ1n) is 8.87. The lowest BCUT2D eigenvalue weighted by Crippen LogP contribution is -2.22. The van der Waals surface area contributed by atoms with Crippen molar-refractivity contribution < 1.29 is 0 Å². The van der Waals surface area contributed by atoms with Gasteiger partial charge in [0.2, 0.25) is 0 Å². The third-order valence-electron chi connectivity index (χ3n) is 4.82. The molecule has 0 bridgehead atoms. The minimum atomic E-state index is 0.0723. The van der Waals surface area contributed by atoms with Gasteiger partial charge in [0.25, 0.3) is 5.56 Å². The fourth-order valence-electron chi connectivity index (χ4n) is 3.56. The van der Waals surface area contributed by atoms with E-state index in [-0.39, 0.29) is 5.56 Å². The van der Waals surface area contributed by atoms with Gasteiger partial charge in [-0.3, -0.25) is 14.1 Å². The molecular weight excluding hydrogens is 330 g/mol. The molecule has 0 saturated heterocycles. The summed E-state index contributed by atoms with van der Waals surface area (Å²) in [5, 5.41) is 0. The first kappa shape index (κ1) is 16.5. The third kappa shape index (κ3) is 3.39. The molecule has 0 unspecified atom stereocenters. The van der Waals surface area contributed by atoms with Gasteiger partial charge in [-0.1, -0.05) is 29.8 Å². The van der Waals surface area contributed by atoms with Crippen molar-refractivity contribution in [1.29, 1.82) is 0 Å². The summed E-state index contributed by atoms with van der Waals surface area (Å²) < 4.78 is 1.84. The SMILES string of the molecule is Cc1ccc(CN(C)Cc2cc(=O)n3c4c(sc3n2)CCCC4)cc1. The van der Waals surface area contributed by atoms with Crippen LogP contribution >= 0.6 is 11.3 Å². The van der Waals surface area contributed by atoms with E-state index in [1.54, 1.807) is 17.4 Å². The first-order chi connectivity index (χ1) is 12.1. The van der Waals surface area contributed by atoms with Crippen LogP contribution in [0, 0.1) is 6.92 Å². The van der Waals surface area contributed by atoms with E-state index in [0.717, 1.165) is 30.0 Å². The molecule has 1 aromatic carbocycles. The maximum atomic E-state index is 12.6. The molecule has 0 fully saturated rings. The second kappa shape index (κ2) is 6.73. The molecule has 1 aliphatic rings. The molecule has 0 saturated carbocycles. The Balaban J connectivity index is 1.57. The summed E-state index contributed by atoms with van der Waals surface area (Å²) in [6, 6.07) is 10.3. The average molecular weight is 353 g/mol. The van der Waals surface area contributed by atoms with Crippen molar-refractivity contribution >= 4 is 16.3 Å². The van der Waals surface area contributed by atoms with Crippen LogP contribution < -0.4 is 5.56 Å². The molecule has 2 heterocycles. The molecule has 5 heteroatoms. The lowest BCUT2D eigenvalue weighted by Gasteiger charge is -2.16. The van der Waals surface area contributed by atoms with Crippen molar-refractivity contribution in [3.05, 3.63) is 68.1 Å². The third-order valence-corrected chi connectivity index (χ3v) is 5.96. The van der Waals surface area contributed by atoms with Crippen molar-refractivity contribution in [1.82, 2.24) is 14.3 Å². The van der Waals surface area contributed by atoms with Crippen LogP contribution in [0.1, 0.15) is 40.2 Å². The number of nitrogens with zero attached hydrogens (tertiary/aromatic N) is 3. The van der Waals surface area contributed by atoms with Crippen LogP contribution in [0.5, 0.6) is 0 Å². The van der Waals surface area contributed by atoms with Crippen LogP contribution in [0.15, 0.2) is 35.1 Å². The minimum Gasteiger partial charge on any atom is -0.296 e. The summed E-state index contributed by atoms with van der Waals surface area (Å²) in [7, 11) is 2.07. The van der Waals surface area contributed by atoms with Gasteiger partial charge >= 0.3 is 0 Å². The summed E-state index contributed by atoms with van der Waals surface area (Å²) in [4.78, 5) is 21.8. The highest BCUT2D eigenvalue weighted by molar-refractivity contribution is 7.17. The molecule has 0 atom stereocenters. The van der Waals surface area contributed by atoms with E-state index in [0.29, 0.717) is 6.54 Å². The Morgan fingerprint density at radius 1 is 1.16 bits per heavy atom. The van der Waals surface area contributed by atoms with Crippen molar-refractivity contribution in [2.45, 2.75) is 45.7 Å². The Bertz CT molecular complexity index is 955. The molecule has 4 rings (SSSR count). The number of thiazole rings is 1. The fourth-order valence-corrected chi connectivity index (χ4v) is 4.79. The Kier molecular flexibility index (Phi) is 4.44. The molecule has 2 aromatic heterocycles. The quantitative estimate of drug-likeness (QED) is 0.719. The standard InChI is InChI=1S/C20H23N3OS/c1-14-7-9-15(10-8-14)12-22(2)13-16-11-19(24)23-17-5-3-4-6-18(17)25-20(23)21-16/h7-11H,3-6,12-13H2,1-2H3. The van der Waals surface area contributed by atoms with E-state index in [1.807, 2.05) is 4.40 Å². The van der Waals surface area contributed by atoms with Gasteiger partial charge in [-0.05, 0) is 45.2 Å². The van der Waals surface area contributed by atoms with Gasteiger partial charge in [0.1, 0.15) is 0 Å². The first-order valence-corrected chi connectivity index (χ1v) is 9.69. The zero-order chi connectivity index (χ0) is 17.4.